The molecule has 30 heavy (non-hydrogen) atoms. The van der Waals surface area contributed by atoms with Crippen molar-refractivity contribution in [3.8, 4) is 11.1 Å². The maximum Gasteiger partial charge on any atom is 0.242 e. The van der Waals surface area contributed by atoms with E-state index in [-0.39, 0.29) is 29.3 Å². The summed E-state index contributed by atoms with van der Waals surface area (Å²) in [7, 11) is 0. The van der Waals surface area contributed by atoms with Gasteiger partial charge in [-0.25, -0.2) is 15.4 Å². The first-order chi connectivity index (χ1) is 14.5. The summed E-state index contributed by atoms with van der Waals surface area (Å²) >= 11 is 6.26. The summed E-state index contributed by atoms with van der Waals surface area (Å²) in [6, 6.07) is 3.85. The van der Waals surface area contributed by atoms with Gasteiger partial charge < -0.3 is 10.2 Å². The van der Waals surface area contributed by atoms with Crippen molar-refractivity contribution >= 4 is 23.5 Å². The van der Waals surface area contributed by atoms with Crippen LogP contribution < -0.4 is 16.2 Å². The molecule has 0 saturated carbocycles. The Kier molecular flexibility index (Phi) is 6.46. The van der Waals surface area contributed by atoms with Crippen LogP contribution in [0.3, 0.4) is 0 Å². The van der Waals surface area contributed by atoms with E-state index in [1.54, 1.807) is 12.4 Å². The molecule has 0 bridgehead atoms. The molecule has 1 amide bonds. The van der Waals surface area contributed by atoms with E-state index in [2.05, 4.69) is 40.0 Å². The van der Waals surface area contributed by atoms with Gasteiger partial charge in [0, 0.05) is 55.7 Å². The predicted molar refractivity (Wildman–Crippen MR) is 117 cm³/mol. The molecule has 0 aliphatic carbocycles. The number of alkyl halides is 1. The van der Waals surface area contributed by atoms with Gasteiger partial charge in [-0.1, -0.05) is 0 Å². The van der Waals surface area contributed by atoms with Crippen molar-refractivity contribution in [1.29, 1.82) is 0 Å². The van der Waals surface area contributed by atoms with Crippen LogP contribution in [-0.2, 0) is 4.79 Å². The molecule has 0 radical (unpaired) electrons. The molecule has 2 fully saturated rings. The van der Waals surface area contributed by atoms with Gasteiger partial charge in [-0.05, 0) is 44.4 Å². The number of carbonyl (C=O) groups is 1. The maximum absolute atomic E-state index is 12.8. The second kappa shape index (κ2) is 9.24. The summed E-state index contributed by atoms with van der Waals surface area (Å²) in [5.74, 6) is 0.967. The van der Waals surface area contributed by atoms with Crippen molar-refractivity contribution in [3.05, 3.63) is 36.4 Å². The SMILES string of the molecule is CC(C)Nc1ncc(-c2ccncc2)c(C2CCN(C(=O)C3NNCC3Cl)CC2)n1. The molecule has 2 saturated heterocycles. The van der Waals surface area contributed by atoms with Crippen molar-refractivity contribution < 1.29 is 4.79 Å². The molecule has 9 heteroatoms. The molecule has 2 aromatic rings. The number of likely N-dealkylation sites (tertiary alicyclic amines) is 1. The molecule has 0 aromatic carbocycles. The Morgan fingerprint density at radius 2 is 2.00 bits per heavy atom. The van der Waals surface area contributed by atoms with Crippen LogP contribution in [0.15, 0.2) is 30.7 Å². The molecule has 2 aromatic heterocycles. The summed E-state index contributed by atoms with van der Waals surface area (Å²) in [4.78, 5) is 28.3. The lowest BCUT2D eigenvalue weighted by atomic mass is 9.89. The first kappa shape index (κ1) is 21.0. The van der Waals surface area contributed by atoms with Crippen LogP contribution in [0.5, 0.6) is 0 Å². The number of hydrazine groups is 1. The Bertz CT molecular complexity index is 871. The summed E-state index contributed by atoms with van der Waals surface area (Å²) in [6.07, 6.45) is 7.17. The van der Waals surface area contributed by atoms with Gasteiger partial charge in [-0.3, -0.25) is 15.2 Å². The van der Waals surface area contributed by atoms with Crippen molar-refractivity contribution in [2.75, 3.05) is 25.0 Å². The van der Waals surface area contributed by atoms with Gasteiger partial charge in [0.2, 0.25) is 11.9 Å². The highest BCUT2D eigenvalue weighted by Crippen LogP contribution is 2.34. The molecular formula is C21H28ClN7O. The third-order valence-electron chi connectivity index (χ3n) is 5.60. The molecule has 8 nitrogen and oxygen atoms in total. The zero-order valence-corrected chi connectivity index (χ0v) is 18.1. The van der Waals surface area contributed by atoms with Gasteiger partial charge >= 0.3 is 0 Å². The van der Waals surface area contributed by atoms with E-state index in [0.717, 1.165) is 29.7 Å². The first-order valence-corrected chi connectivity index (χ1v) is 10.9. The minimum absolute atomic E-state index is 0.0673. The summed E-state index contributed by atoms with van der Waals surface area (Å²) in [6.45, 7) is 6.12. The lowest BCUT2D eigenvalue weighted by molar-refractivity contribution is -0.134. The van der Waals surface area contributed by atoms with Crippen molar-refractivity contribution in [1.82, 2.24) is 30.7 Å². The van der Waals surface area contributed by atoms with Gasteiger partial charge in [-0.15, -0.1) is 11.6 Å². The van der Waals surface area contributed by atoms with Crippen LogP contribution >= 0.6 is 11.6 Å². The summed E-state index contributed by atoms with van der Waals surface area (Å²) < 4.78 is 0. The molecule has 2 unspecified atom stereocenters. The minimum Gasteiger partial charge on any atom is -0.352 e. The number of aromatic nitrogens is 3. The lowest BCUT2D eigenvalue weighted by Crippen LogP contribution is -2.50. The molecule has 160 valence electrons. The van der Waals surface area contributed by atoms with Crippen molar-refractivity contribution in [3.63, 3.8) is 0 Å². The standard InChI is InChI=1S/C21H28ClN7O/c1-13(2)26-21-24-11-16(14-3-7-23-8-4-14)18(27-21)15-5-9-29(10-6-15)20(30)19-17(22)12-25-28-19/h3-4,7-8,11,13,15,17,19,25,28H,5-6,9-10,12H2,1-2H3,(H,24,26,27). The van der Waals surface area contributed by atoms with Gasteiger partial charge in [0.15, 0.2) is 0 Å². The molecule has 4 rings (SSSR count). The van der Waals surface area contributed by atoms with Crippen LogP contribution in [0.25, 0.3) is 11.1 Å². The van der Waals surface area contributed by atoms with E-state index in [1.165, 1.54) is 0 Å². The number of amides is 1. The molecule has 3 N–H and O–H groups in total. The quantitative estimate of drug-likeness (QED) is 0.627. The zero-order valence-electron chi connectivity index (χ0n) is 17.3. The Morgan fingerprint density at radius 1 is 1.27 bits per heavy atom. The van der Waals surface area contributed by atoms with E-state index < -0.39 is 0 Å². The lowest BCUT2D eigenvalue weighted by Gasteiger charge is -2.34. The smallest absolute Gasteiger partial charge is 0.242 e. The third-order valence-corrected chi connectivity index (χ3v) is 6.01. The molecule has 4 heterocycles. The number of hydrogen-bond donors (Lipinski definition) is 3. The van der Waals surface area contributed by atoms with Gasteiger partial charge in [0.05, 0.1) is 11.1 Å². The van der Waals surface area contributed by atoms with Gasteiger partial charge in [0.25, 0.3) is 0 Å². The van der Waals surface area contributed by atoms with E-state index >= 15 is 0 Å². The molecular weight excluding hydrogens is 402 g/mol. The second-order valence-electron chi connectivity index (χ2n) is 8.15. The number of nitrogens with one attached hydrogen (secondary N) is 3. The fourth-order valence-electron chi connectivity index (χ4n) is 4.05. The van der Waals surface area contributed by atoms with Crippen molar-refractivity contribution in [2.24, 2.45) is 0 Å². The monoisotopic (exact) mass is 429 g/mol. The minimum atomic E-state index is -0.364. The van der Waals surface area contributed by atoms with Crippen LogP contribution in [0.2, 0.25) is 0 Å². The highest BCUT2D eigenvalue weighted by atomic mass is 35.5. The number of piperidine rings is 1. The number of hydrogen-bond acceptors (Lipinski definition) is 7. The number of carbonyl (C=O) groups excluding carboxylic acids is 1. The zero-order chi connectivity index (χ0) is 21.1. The predicted octanol–water partition coefficient (Wildman–Crippen LogP) is 2.15. The van der Waals surface area contributed by atoms with E-state index in [9.17, 15) is 4.79 Å². The highest BCUT2D eigenvalue weighted by molar-refractivity contribution is 6.23. The first-order valence-electron chi connectivity index (χ1n) is 10.5. The summed E-state index contributed by atoms with van der Waals surface area (Å²) in [5.41, 5.74) is 9.07. The number of halogens is 1. The van der Waals surface area contributed by atoms with Gasteiger partial charge in [-0.2, -0.15) is 0 Å². The van der Waals surface area contributed by atoms with Crippen LogP contribution in [0.4, 0.5) is 5.95 Å². The van der Waals surface area contributed by atoms with Crippen LogP contribution in [-0.4, -0.2) is 62.9 Å². The second-order valence-corrected chi connectivity index (χ2v) is 8.71. The number of pyridine rings is 1. The number of anilines is 1. The molecule has 2 aliphatic rings. The molecule has 2 aliphatic heterocycles. The van der Waals surface area contributed by atoms with E-state index in [4.69, 9.17) is 16.6 Å². The third kappa shape index (κ3) is 4.55. The van der Waals surface area contributed by atoms with E-state index in [1.807, 2.05) is 23.2 Å². The number of rotatable bonds is 5. The topological polar surface area (TPSA) is 95.1 Å². The molecule has 2 atom stereocenters. The fraction of sp³-hybridized carbons (Fsp3) is 0.524. The van der Waals surface area contributed by atoms with Crippen molar-refractivity contribution in [2.45, 2.75) is 50.1 Å². The summed E-state index contributed by atoms with van der Waals surface area (Å²) in [5, 5.41) is 3.08. The van der Waals surface area contributed by atoms with E-state index in [0.29, 0.717) is 25.6 Å². The Hall–Kier alpha value is -2.29. The average Bonchev–Trinajstić information content (AvgIpc) is 3.19. The highest BCUT2D eigenvalue weighted by Gasteiger charge is 2.36. The fourth-order valence-corrected chi connectivity index (χ4v) is 4.30. The Morgan fingerprint density at radius 3 is 2.63 bits per heavy atom. The largest absolute Gasteiger partial charge is 0.352 e. The Balaban J connectivity index is 1.53. The molecule has 0 spiro atoms. The normalized spacial score (nSPS) is 22.5. The number of nitrogens with zero attached hydrogens (tertiary/aromatic N) is 4. The maximum atomic E-state index is 12.8. The average molecular weight is 430 g/mol. The Labute approximate surface area is 181 Å². The van der Waals surface area contributed by atoms with Crippen LogP contribution in [0.1, 0.15) is 38.3 Å². The van der Waals surface area contributed by atoms with Crippen LogP contribution in [0, 0.1) is 0 Å². The van der Waals surface area contributed by atoms with Gasteiger partial charge in [0.1, 0.15) is 6.04 Å².